The maximum atomic E-state index is 14.2. The van der Waals surface area contributed by atoms with Crippen LogP contribution in [0.2, 0.25) is 5.02 Å². The standard InChI is InChI=1S/C19H16ClFN4O2/c1-4-27-12-5-6-14(20)13(9-12)19-22-10(2)18-24-23-17-15(25(18)19)7-11(21)8-16(17)26-3/h5-9H,4H2,1-3H3. The van der Waals surface area contributed by atoms with E-state index in [0.717, 1.165) is 0 Å². The van der Waals surface area contributed by atoms with Gasteiger partial charge in [0.2, 0.25) is 0 Å². The van der Waals surface area contributed by atoms with Gasteiger partial charge in [0.25, 0.3) is 0 Å². The zero-order valence-corrected chi connectivity index (χ0v) is 15.7. The van der Waals surface area contributed by atoms with Crippen LogP contribution in [0.4, 0.5) is 4.39 Å². The molecule has 8 heteroatoms. The van der Waals surface area contributed by atoms with E-state index < -0.39 is 5.82 Å². The van der Waals surface area contributed by atoms with Gasteiger partial charge in [0, 0.05) is 17.7 Å². The summed E-state index contributed by atoms with van der Waals surface area (Å²) in [5, 5.41) is 8.95. The molecule has 2 aromatic carbocycles. The van der Waals surface area contributed by atoms with E-state index in [4.69, 9.17) is 21.1 Å². The Morgan fingerprint density at radius 3 is 2.74 bits per heavy atom. The van der Waals surface area contributed by atoms with E-state index in [1.165, 1.54) is 19.2 Å². The third kappa shape index (κ3) is 2.84. The smallest absolute Gasteiger partial charge is 0.183 e. The van der Waals surface area contributed by atoms with Crippen molar-refractivity contribution in [2.45, 2.75) is 13.8 Å². The van der Waals surface area contributed by atoms with Gasteiger partial charge in [-0.15, -0.1) is 10.2 Å². The number of halogens is 2. The fourth-order valence-electron chi connectivity index (χ4n) is 3.06. The normalized spacial score (nSPS) is 11.3. The van der Waals surface area contributed by atoms with Gasteiger partial charge in [0.15, 0.2) is 16.9 Å². The predicted molar refractivity (Wildman–Crippen MR) is 101 cm³/mol. The Kier molecular flexibility index (Phi) is 4.31. The molecule has 6 nitrogen and oxygen atoms in total. The number of benzene rings is 2. The lowest BCUT2D eigenvalue weighted by atomic mass is 10.2. The van der Waals surface area contributed by atoms with E-state index in [2.05, 4.69) is 15.2 Å². The Balaban J connectivity index is 2.11. The number of aryl methyl sites for hydroxylation is 1. The lowest BCUT2D eigenvalue weighted by Gasteiger charge is -2.10. The number of ether oxygens (including phenoxy) is 2. The van der Waals surface area contributed by atoms with Crippen LogP contribution in [0.15, 0.2) is 30.3 Å². The summed E-state index contributed by atoms with van der Waals surface area (Å²) in [5.74, 6) is 1.05. The van der Waals surface area contributed by atoms with Crippen molar-refractivity contribution in [1.82, 2.24) is 19.6 Å². The van der Waals surface area contributed by atoms with Crippen LogP contribution in [0.1, 0.15) is 12.6 Å². The molecule has 0 fully saturated rings. The van der Waals surface area contributed by atoms with Crippen molar-refractivity contribution in [1.29, 1.82) is 0 Å². The molecule has 4 aromatic rings. The minimum Gasteiger partial charge on any atom is -0.494 e. The van der Waals surface area contributed by atoms with Crippen molar-refractivity contribution in [2.24, 2.45) is 0 Å². The summed E-state index contributed by atoms with van der Waals surface area (Å²) in [4.78, 5) is 4.61. The lowest BCUT2D eigenvalue weighted by molar-refractivity contribution is 0.340. The average molecular weight is 387 g/mol. The molecule has 0 saturated heterocycles. The summed E-state index contributed by atoms with van der Waals surface area (Å²) in [6, 6.07) is 8.00. The number of methoxy groups -OCH3 is 1. The van der Waals surface area contributed by atoms with Gasteiger partial charge < -0.3 is 9.47 Å². The second kappa shape index (κ2) is 6.66. The van der Waals surface area contributed by atoms with Gasteiger partial charge in [-0.25, -0.2) is 9.37 Å². The number of rotatable bonds is 4. The molecule has 138 valence electrons. The SMILES string of the molecule is CCOc1ccc(Cl)c(-c2nc(C)c3nnc4c(OC)cc(F)cc4n23)c1. The molecule has 0 aliphatic rings. The zero-order chi connectivity index (χ0) is 19.1. The fourth-order valence-corrected chi connectivity index (χ4v) is 3.27. The summed E-state index contributed by atoms with van der Waals surface area (Å²) in [5.41, 5.74) is 2.75. The molecule has 0 spiro atoms. The van der Waals surface area contributed by atoms with Crippen molar-refractivity contribution in [3.63, 3.8) is 0 Å². The molecule has 27 heavy (non-hydrogen) atoms. The molecule has 0 aliphatic heterocycles. The van der Waals surface area contributed by atoms with E-state index in [0.29, 0.717) is 56.9 Å². The van der Waals surface area contributed by atoms with Gasteiger partial charge in [-0.3, -0.25) is 4.40 Å². The van der Waals surface area contributed by atoms with Crippen LogP contribution in [0, 0.1) is 12.7 Å². The largest absolute Gasteiger partial charge is 0.494 e. The molecule has 0 amide bonds. The highest BCUT2D eigenvalue weighted by Gasteiger charge is 2.19. The molecule has 2 heterocycles. The summed E-state index contributed by atoms with van der Waals surface area (Å²) < 4.78 is 26.8. The van der Waals surface area contributed by atoms with Crippen LogP contribution < -0.4 is 9.47 Å². The highest BCUT2D eigenvalue weighted by atomic mass is 35.5. The highest BCUT2D eigenvalue weighted by molar-refractivity contribution is 6.33. The number of nitrogens with zero attached hydrogens (tertiary/aromatic N) is 4. The van der Waals surface area contributed by atoms with Gasteiger partial charge in [0.05, 0.1) is 29.9 Å². The Labute approximate surface area is 159 Å². The van der Waals surface area contributed by atoms with Gasteiger partial charge in [-0.05, 0) is 32.0 Å². The van der Waals surface area contributed by atoms with Crippen LogP contribution in [0.3, 0.4) is 0 Å². The minimum absolute atomic E-state index is 0.297. The van der Waals surface area contributed by atoms with Gasteiger partial charge in [-0.2, -0.15) is 0 Å². The summed E-state index contributed by atoms with van der Waals surface area (Å²) in [6.45, 7) is 4.25. The van der Waals surface area contributed by atoms with E-state index in [-0.39, 0.29) is 0 Å². The maximum Gasteiger partial charge on any atom is 0.183 e. The fraction of sp³-hybridized carbons (Fsp3) is 0.211. The minimum atomic E-state index is -0.444. The van der Waals surface area contributed by atoms with Crippen LogP contribution in [0.5, 0.6) is 11.5 Å². The first-order chi connectivity index (χ1) is 13.0. The molecule has 2 aromatic heterocycles. The van der Waals surface area contributed by atoms with Gasteiger partial charge >= 0.3 is 0 Å². The predicted octanol–water partition coefficient (Wildman–Crippen LogP) is 4.45. The summed E-state index contributed by atoms with van der Waals surface area (Å²) in [6.07, 6.45) is 0. The molecule has 0 N–H and O–H groups in total. The topological polar surface area (TPSA) is 61.5 Å². The van der Waals surface area contributed by atoms with E-state index in [9.17, 15) is 4.39 Å². The van der Waals surface area contributed by atoms with E-state index >= 15 is 0 Å². The molecule has 0 atom stereocenters. The molecule has 0 bridgehead atoms. The quantitative estimate of drug-likeness (QED) is 0.518. The Morgan fingerprint density at radius 1 is 1.19 bits per heavy atom. The second-order valence-corrected chi connectivity index (χ2v) is 6.34. The van der Waals surface area contributed by atoms with Crippen LogP contribution in [0.25, 0.3) is 28.1 Å². The first-order valence-corrected chi connectivity index (χ1v) is 8.73. The highest BCUT2D eigenvalue weighted by Crippen LogP contribution is 2.34. The number of hydrogen-bond donors (Lipinski definition) is 0. The Hall–Kier alpha value is -2.93. The second-order valence-electron chi connectivity index (χ2n) is 5.93. The summed E-state index contributed by atoms with van der Waals surface area (Å²) in [7, 11) is 1.46. The number of fused-ring (bicyclic) bond motifs is 3. The first-order valence-electron chi connectivity index (χ1n) is 8.35. The molecule has 0 saturated carbocycles. The zero-order valence-electron chi connectivity index (χ0n) is 15.0. The van der Waals surface area contributed by atoms with Crippen molar-refractivity contribution in [2.75, 3.05) is 13.7 Å². The summed E-state index contributed by atoms with van der Waals surface area (Å²) >= 11 is 6.44. The number of hydrogen-bond acceptors (Lipinski definition) is 5. The molecule has 0 radical (unpaired) electrons. The van der Waals surface area contributed by atoms with Gasteiger partial charge in [-0.1, -0.05) is 11.6 Å². The Morgan fingerprint density at radius 2 is 2.00 bits per heavy atom. The van der Waals surface area contributed by atoms with Crippen LogP contribution >= 0.6 is 11.6 Å². The Bertz CT molecular complexity index is 1180. The van der Waals surface area contributed by atoms with Crippen LogP contribution in [-0.4, -0.2) is 33.3 Å². The van der Waals surface area contributed by atoms with Crippen molar-refractivity contribution in [3.05, 3.63) is 46.9 Å². The molecular weight excluding hydrogens is 371 g/mol. The van der Waals surface area contributed by atoms with Crippen molar-refractivity contribution < 1.29 is 13.9 Å². The van der Waals surface area contributed by atoms with Crippen molar-refractivity contribution >= 4 is 28.3 Å². The first kappa shape index (κ1) is 17.5. The third-order valence-corrected chi connectivity index (χ3v) is 4.57. The molecule has 0 unspecified atom stereocenters. The van der Waals surface area contributed by atoms with Crippen LogP contribution in [-0.2, 0) is 0 Å². The molecule has 4 rings (SSSR count). The lowest BCUT2D eigenvalue weighted by Crippen LogP contribution is -2.00. The third-order valence-electron chi connectivity index (χ3n) is 4.24. The maximum absolute atomic E-state index is 14.2. The molecular formula is C19H16ClFN4O2. The van der Waals surface area contributed by atoms with E-state index in [1.54, 1.807) is 16.5 Å². The molecule has 0 aliphatic carbocycles. The van der Waals surface area contributed by atoms with Gasteiger partial charge in [0.1, 0.15) is 17.4 Å². The number of imidazole rings is 1. The number of aromatic nitrogens is 4. The van der Waals surface area contributed by atoms with E-state index in [1.807, 2.05) is 19.9 Å². The van der Waals surface area contributed by atoms with Crippen molar-refractivity contribution in [3.8, 4) is 22.9 Å². The average Bonchev–Trinajstić information content (AvgIpc) is 3.00. The monoisotopic (exact) mass is 386 g/mol.